The van der Waals surface area contributed by atoms with Crippen LogP contribution in [-0.2, 0) is 9.59 Å². The minimum Gasteiger partial charge on any atom is -0.504 e. The van der Waals surface area contributed by atoms with Gasteiger partial charge in [-0.1, -0.05) is 25.5 Å². The summed E-state index contributed by atoms with van der Waals surface area (Å²) in [5.74, 6) is -2.68. The third kappa shape index (κ3) is 7.82. The molecule has 1 atom stereocenters. The van der Waals surface area contributed by atoms with Gasteiger partial charge in [-0.3, -0.25) is 9.59 Å². The van der Waals surface area contributed by atoms with Gasteiger partial charge in [0.2, 0.25) is 0 Å². The van der Waals surface area contributed by atoms with Gasteiger partial charge in [0.1, 0.15) is 23.3 Å². The molecule has 0 heterocycles. The molecule has 0 aliphatic carbocycles. The van der Waals surface area contributed by atoms with Crippen LogP contribution in [0, 0.1) is 22.7 Å². The van der Waals surface area contributed by atoms with E-state index in [-0.39, 0.29) is 46.7 Å². The summed E-state index contributed by atoms with van der Waals surface area (Å²) in [4.78, 5) is 25.0. The number of hydrogen-bond acceptors (Lipinski definition) is 8. The Balaban J connectivity index is 2.01. The van der Waals surface area contributed by atoms with E-state index in [0.29, 0.717) is 24.0 Å². The van der Waals surface area contributed by atoms with Crippen molar-refractivity contribution in [2.24, 2.45) is 0 Å². The number of amides is 2. The molecular formula is C26H26N4O6. The summed E-state index contributed by atoms with van der Waals surface area (Å²) in [7, 11) is 0. The first-order valence-electron chi connectivity index (χ1n) is 11.0. The van der Waals surface area contributed by atoms with Crippen LogP contribution in [0.25, 0.3) is 12.2 Å². The average molecular weight is 491 g/mol. The van der Waals surface area contributed by atoms with Crippen molar-refractivity contribution in [2.75, 3.05) is 6.54 Å². The number of phenolic OH excluding ortho intramolecular Hbond substituents is 4. The smallest absolute Gasteiger partial charge is 0.262 e. The first-order chi connectivity index (χ1) is 17.2. The number of nitriles is 2. The highest BCUT2D eigenvalue weighted by molar-refractivity contribution is 6.02. The lowest BCUT2D eigenvalue weighted by Crippen LogP contribution is -2.38. The van der Waals surface area contributed by atoms with E-state index in [9.17, 15) is 40.5 Å². The second-order valence-electron chi connectivity index (χ2n) is 7.84. The second kappa shape index (κ2) is 13.1. The van der Waals surface area contributed by atoms with Crippen molar-refractivity contribution in [3.05, 3.63) is 58.7 Å². The fraction of sp³-hybridized carbons (Fsp3) is 0.231. The van der Waals surface area contributed by atoms with Crippen LogP contribution in [0.4, 0.5) is 0 Å². The van der Waals surface area contributed by atoms with Crippen LogP contribution in [0.5, 0.6) is 23.0 Å². The largest absolute Gasteiger partial charge is 0.504 e. The van der Waals surface area contributed by atoms with Gasteiger partial charge >= 0.3 is 0 Å². The Morgan fingerprint density at radius 1 is 0.833 bits per heavy atom. The summed E-state index contributed by atoms with van der Waals surface area (Å²) in [5, 5.41) is 62.0. The van der Waals surface area contributed by atoms with E-state index in [4.69, 9.17) is 0 Å². The molecule has 6 N–H and O–H groups in total. The van der Waals surface area contributed by atoms with Gasteiger partial charge in [0, 0.05) is 12.6 Å². The Morgan fingerprint density at radius 2 is 1.33 bits per heavy atom. The summed E-state index contributed by atoms with van der Waals surface area (Å²) < 4.78 is 0. The second-order valence-corrected chi connectivity index (χ2v) is 7.84. The predicted molar refractivity (Wildman–Crippen MR) is 131 cm³/mol. The van der Waals surface area contributed by atoms with Crippen LogP contribution < -0.4 is 10.6 Å². The lowest BCUT2D eigenvalue weighted by Gasteiger charge is -2.18. The number of benzene rings is 2. The number of phenols is 4. The number of carbonyl (C=O) groups is 2. The molecular weight excluding hydrogens is 464 g/mol. The van der Waals surface area contributed by atoms with Crippen LogP contribution in [0.3, 0.4) is 0 Å². The molecule has 2 aromatic rings. The molecule has 186 valence electrons. The quantitative estimate of drug-likeness (QED) is 0.167. The molecule has 0 radical (unpaired) electrons. The molecule has 0 aliphatic heterocycles. The molecule has 1 unspecified atom stereocenters. The van der Waals surface area contributed by atoms with E-state index in [2.05, 4.69) is 10.6 Å². The van der Waals surface area contributed by atoms with E-state index in [1.54, 1.807) is 6.07 Å². The number of aromatic hydroxyl groups is 4. The van der Waals surface area contributed by atoms with Crippen LogP contribution in [0.15, 0.2) is 47.5 Å². The molecule has 10 nitrogen and oxygen atoms in total. The minimum atomic E-state index is -0.642. The van der Waals surface area contributed by atoms with Crippen molar-refractivity contribution in [3.8, 4) is 35.1 Å². The van der Waals surface area contributed by atoms with E-state index >= 15 is 0 Å². The highest BCUT2D eigenvalue weighted by Gasteiger charge is 2.17. The molecule has 0 aromatic heterocycles. The van der Waals surface area contributed by atoms with Gasteiger partial charge in [-0.25, -0.2) is 0 Å². The van der Waals surface area contributed by atoms with Crippen LogP contribution in [0.2, 0.25) is 0 Å². The van der Waals surface area contributed by atoms with E-state index in [1.165, 1.54) is 48.6 Å². The lowest BCUT2D eigenvalue weighted by molar-refractivity contribution is -0.117. The lowest BCUT2D eigenvalue weighted by atomic mass is 10.1. The van der Waals surface area contributed by atoms with E-state index < -0.39 is 11.8 Å². The maximum Gasteiger partial charge on any atom is 0.262 e. The van der Waals surface area contributed by atoms with Gasteiger partial charge in [-0.15, -0.1) is 0 Å². The number of hydrogen-bond donors (Lipinski definition) is 6. The Morgan fingerprint density at radius 3 is 1.78 bits per heavy atom. The topological polar surface area (TPSA) is 187 Å². The SMILES string of the molecule is CCCC(CCNC(=O)/C(C#N)=C/c1ccc(O)c(O)c1)NC(=O)/C(C#N)=C/c1ccc(O)c(O)c1. The Labute approximate surface area is 208 Å². The third-order valence-electron chi connectivity index (χ3n) is 5.10. The van der Waals surface area contributed by atoms with Crippen molar-refractivity contribution in [3.63, 3.8) is 0 Å². The molecule has 0 saturated carbocycles. The monoisotopic (exact) mass is 490 g/mol. The van der Waals surface area contributed by atoms with Crippen LogP contribution in [-0.4, -0.2) is 44.8 Å². The van der Waals surface area contributed by atoms with Gasteiger partial charge in [0.15, 0.2) is 23.0 Å². The number of rotatable bonds is 10. The standard InChI is InChI=1S/C26H26N4O6/c1-2-3-20(30-26(36)19(15-28)11-17-5-7-22(32)24(34)13-17)8-9-29-25(35)18(14-27)10-16-4-6-21(31)23(33)12-16/h4-7,10-13,20,31-34H,2-3,8-9H2,1H3,(H,29,35)(H,30,36)/b18-10+,19-11+. The highest BCUT2D eigenvalue weighted by Crippen LogP contribution is 2.26. The fourth-order valence-electron chi connectivity index (χ4n) is 3.25. The van der Waals surface area contributed by atoms with Gasteiger partial charge in [-0.2, -0.15) is 10.5 Å². The molecule has 0 saturated heterocycles. The summed E-state index contributed by atoms with van der Waals surface area (Å²) in [6.45, 7) is 2.06. The molecule has 10 heteroatoms. The van der Waals surface area contributed by atoms with Gasteiger partial charge in [-0.05, 0) is 60.4 Å². The summed E-state index contributed by atoms with van der Waals surface area (Å²) in [5.41, 5.74) is 0.306. The van der Waals surface area contributed by atoms with Crippen molar-refractivity contribution in [1.29, 1.82) is 10.5 Å². The molecule has 36 heavy (non-hydrogen) atoms. The maximum atomic E-state index is 12.6. The molecule has 2 amide bonds. The zero-order valence-electron chi connectivity index (χ0n) is 19.5. The third-order valence-corrected chi connectivity index (χ3v) is 5.10. The number of carbonyl (C=O) groups excluding carboxylic acids is 2. The summed E-state index contributed by atoms with van der Waals surface area (Å²) in [6, 6.07) is 11.0. The van der Waals surface area contributed by atoms with Crippen molar-refractivity contribution >= 4 is 24.0 Å². The summed E-state index contributed by atoms with van der Waals surface area (Å²) >= 11 is 0. The Bertz CT molecular complexity index is 1270. The molecule has 2 rings (SSSR count). The predicted octanol–water partition coefficient (Wildman–Crippen LogP) is 2.81. The van der Waals surface area contributed by atoms with E-state index in [1.807, 2.05) is 13.0 Å². The first kappa shape index (κ1) is 27.3. The zero-order chi connectivity index (χ0) is 26.7. The number of nitrogens with zero attached hydrogens (tertiary/aromatic N) is 2. The number of nitrogens with one attached hydrogen (secondary N) is 2. The van der Waals surface area contributed by atoms with Gasteiger partial charge in [0.25, 0.3) is 11.8 Å². The van der Waals surface area contributed by atoms with E-state index in [0.717, 1.165) is 6.42 Å². The fourth-order valence-corrected chi connectivity index (χ4v) is 3.25. The highest BCUT2D eigenvalue weighted by atomic mass is 16.3. The van der Waals surface area contributed by atoms with Gasteiger partial charge < -0.3 is 31.1 Å². The van der Waals surface area contributed by atoms with Crippen molar-refractivity contribution < 1.29 is 30.0 Å². The summed E-state index contributed by atoms with van der Waals surface area (Å²) in [6.07, 6.45) is 4.19. The molecule has 2 aromatic carbocycles. The van der Waals surface area contributed by atoms with Crippen molar-refractivity contribution in [2.45, 2.75) is 32.2 Å². The van der Waals surface area contributed by atoms with Gasteiger partial charge in [0.05, 0.1) is 0 Å². The van der Waals surface area contributed by atoms with Crippen LogP contribution >= 0.6 is 0 Å². The van der Waals surface area contributed by atoms with Crippen LogP contribution in [0.1, 0.15) is 37.3 Å². The first-order valence-corrected chi connectivity index (χ1v) is 11.0. The average Bonchev–Trinajstić information content (AvgIpc) is 2.85. The minimum absolute atomic E-state index is 0.140. The Hall–Kier alpha value is -4.96. The normalized spacial score (nSPS) is 12.2. The zero-order valence-corrected chi connectivity index (χ0v) is 19.5. The molecule has 0 spiro atoms. The molecule has 0 fully saturated rings. The molecule has 0 bridgehead atoms. The van der Waals surface area contributed by atoms with Crippen molar-refractivity contribution in [1.82, 2.24) is 10.6 Å². The maximum absolute atomic E-state index is 12.6. The molecule has 0 aliphatic rings. The Kier molecular flexibility index (Phi) is 9.90.